The minimum Gasteiger partial charge on any atom is -0.302 e. The lowest BCUT2D eigenvalue weighted by atomic mass is 9.69. The first-order chi connectivity index (χ1) is 7.84. The molecule has 1 saturated heterocycles. The van der Waals surface area contributed by atoms with Gasteiger partial charge in [-0.3, -0.25) is 0 Å². The zero-order chi connectivity index (χ0) is 11.0. The predicted molar refractivity (Wildman–Crippen MR) is 64.3 cm³/mol. The molecule has 0 aromatic heterocycles. The fourth-order valence-corrected chi connectivity index (χ4v) is 3.42. The molecule has 2 aliphatic rings. The van der Waals surface area contributed by atoms with E-state index >= 15 is 0 Å². The Morgan fingerprint density at radius 1 is 1.25 bits per heavy atom. The lowest BCUT2D eigenvalue weighted by molar-refractivity contribution is -0.116. The number of fused-ring (bicyclic) bond motifs is 2. The van der Waals surface area contributed by atoms with Gasteiger partial charge in [0.1, 0.15) is 0 Å². The standard InChI is InChI=1S/C14H19NO/c1-16-15-10-9-14(11-15)8-4-6-12-5-2-3-7-13(12)14/h2-3,5,7H,4,6,8-11H2,1H3. The molecule has 0 amide bonds. The lowest BCUT2D eigenvalue weighted by Crippen LogP contribution is -2.34. The molecule has 1 aromatic carbocycles. The van der Waals surface area contributed by atoms with Gasteiger partial charge in [0.05, 0.1) is 7.11 Å². The van der Waals surface area contributed by atoms with Crippen LogP contribution in [0.5, 0.6) is 0 Å². The van der Waals surface area contributed by atoms with Crippen molar-refractivity contribution in [2.75, 3.05) is 20.2 Å². The van der Waals surface area contributed by atoms with Crippen LogP contribution < -0.4 is 0 Å². The van der Waals surface area contributed by atoms with Gasteiger partial charge >= 0.3 is 0 Å². The summed E-state index contributed by atoms with van der Waals surface area (Å²) in [5, 5.41) is 2.11. The first-order valence-electron chi connectivity index (χ1n) is 6.21. The Labute approximate surface area is 97.2 Å². The number of hydroxylamine groups is 2. The summed E-state index contributed by atoms with van der Waals surface area (Å²) in [7, 11) is 1.79. The van der Waals surface area contributed by atoms with Gasteiger partial charge in [0.2, 0.25) is 0 Å². The third-order valence-corrected chi connectivity index (χ3v) is 4.27. The van der Waals surface area contributed by atoms with Crippen LogP contribution in [0.2, 0.25) is 0 Å². The predicted octanol–water partition coefficient (Wildman–Crippen LogP) is 2.53. The van der Waals surface area contributed by atoms with Crippen LogP contribution in [0.4, 0.5) is 0 Å². The van der Waals surface area contributed by atoms with Crippen LogP contribution in [0.25, 0.3) is 0 Å². The average Bonchev–Trinajstić information content (AvgIpc) is 2.74. The highest BCUT2D eigenvalue weighted by Gasteiger charge is 2.42. The van der Waals surface area contributed by atoms with Gasteiger partial charge in [-0.05, 0) is 36.8 Å². The molecule has 86 valence electrons. The molecule has 16 heavy (non-hydrogen) atoms. The second-order valence-corrected chi connectivity index (χ2v) is 5.09. The van der Waals surface area contributed by atoms with Gasteiger partial charge < -0.3 is 4.84 Å². The molecule has 2 heteroatoms. The van der Waals surface area contributed by atoms with Crippen LogP contribution in [0, 0.1) is 0 Å². The Morgan fingerprint density at radius 2 is 2.12 bits per heavy atom. The zero-order valence-electron chi connectivity index (χ0n) is 9.91. The number of benzene rings is 1. The van der Waals surface area contributed by atoms with E-state index in [1.807, 2.05) is 0 Å². The van der Waals surface area contributed by atoms with Crippen molar-refractivity contribution in [3.63, 3.8) is 0 Å². The van der Waals surface area contributed by atoms with Gasteiger partial charge in [0, 0.05) is 18.5 Å². The number of hydrogen-bond donors (Lipinski definition) is 0. The molecule has 1 unspecified atom stereocenters. The maximum atomic E-state index is 5.39. The molecule has 0 radical (unpaired) electrons. The molecule has 0 bridgehead atoms. The normalized spacial score (nSPS) is 29.6. The Balaban J connectivity index is 1.98. The highest BCUT2D eigenvalue weighted by molar-refractivity contribution is 5.38. The van der Waals surface area contributed by atoms with Crippen molar-refractivity contribution in [2.24, 2.45) is 0 Å². The van der Waals surface area contributed by atoms with Gasteiger partial charge in [-0.25, -0.2) is 0 Å². The Bertz CT molecular complexity index is 390. The van der Waals surface area contributed by atoms with Crippen LogP contribution in [-0.2, 0) is 16.7 Å². The second kappa shape index (κ2) is 3.86. The van der Waals surface area contributed by atoms with E-state index in [1.165, 1.54) is 25.7 Å². The molecule has 1 heterocycles. The highest BCUT2D eigenvalue weighted by atomic mass is 16.7. The van der Waals surface area contributed by atoms with E-state index in [2.05, 4.69) is 29.3 Å². The Hall–Kier alpha value is -0.860. The summed E-state index contributed by atoms with van der Waals surface area (Å²) < 4.78 is 0. The second-order valence-electron chi connectivity index (χ2n) is 5.09. The number of aryl methyl sites for hydroxylation is 1. The minimum atomic E-state index is 0.380. The Morgan fingerprint density at radius 3 is 2.94 bits per heavy atom. The first-order valence-corrected chi connectivity index (χ1v) is 6.21. The molecule has 0 saturated carbocycles. The molecule has 1 aliphatic carbocycles. The molecular formula is C14H19NO. The minimum absolute atomic E-state index is 0.380. The molecular weight excluding hydrogens is 198 g/mol. The highest BCUT2D eigenvalue weighted by Crippen LogP contribution is 2.43. The summed E-state index contributed by atoms with van der Waals surface area (Å²) in [6.45, 7) is 2.14. The van der Waals surface area contributed by atoms with E-state index in [4.69, 9.17) is 4.84 Å². The number of nitrogens with zero attached hydrogens (tertiary/aromatic N) is 1. The van der Waals surface area contributed by atoms with Crippen molar-refractivity contribution >= 4 is 0 Å². The van der Waals surface area contributed by atoms with E-state index < -0.39 is 0 Å². The molecule has 1 atom stereocenters. The summed E-state index contributed by atoms with van der Waals surface area (Å²) in [6.07, 6.45) is 5.15. The van der Waals surface area contributed by atoms with Crippen molar-refractivity contribution < 1.29 is 4.84 Å². The maximum absolute atomic E-state index is 5.39. The van der Waals surface area contributed by atoms with Crippen molar-refractivity contribution in [3.05, 3.63) is 35.4 Å². The van der Waals surface area contributed by atoms with Crippen LogP contribution in [0.15, 0.2) is 24.3 Å². The summed E-state index contributed by atoms with van der Waals surface area (Å²) >= 11 is 0. The van der Waals surface area contributed by atoms with Crippen LogP contribution in [0.3, 0.4) is 0 Å². The van der Waals surface area contributed by atoms with Crippen molar-refractivity contribution in [1.29, 1.82) is 0 Å². The topological polar surface area (TPSA) is 12.5 Å². The zero-order valence-corrected chi connectivity index (χ0v) is 9.91. The smallest absolute Gasteiger partial charge is 0.0575 e. The molecule has 2 nitrogen and oxygen atoms in total. The summed E-state index contributed by atoms with van der Waals surface area (Å²) in [4.78, 5) is 5.39. The van der Waals surface area contributed by atoms with Crippen LogP contribution in [-0.4, -0.2) is 25.3 Å². The van der Waals surface area contributed by atoms with E-state index in [-0.39, 0.29) is 0 Å². The van der Waals surface area contributed by atoms with E-state index in [1.54, 1.807) is 18.2 Å². The average molecular weight is 217 g/mol. The van der Waals surface area contributed by atoms with Crippen molar-refractivity contribution in [3.8, 4) is 0 Å². The van der Waals surface area contributed by atoms with E-state index in [0.717, 1.165) is 13.1 Å². The molecule has 1 aromatic rings. The third-order valence-electron chi connectivity index (χ3n) is 4.27. The maximum Gasteiger partial charge on any atom is 0.0575 e. The van der Waals surface area contributed by atoms with E-state index in [0.29, 0.717) is 5.41 Å². The van der Waals surface area contributed by atoms with Gasteiger partial charge in [-0.2, -0.15) is 5.06 Å². The van der Waals surface area contributed by atoms with Crippen molar-refractivity contribution in [1.82, 2.24) is 5.06 Å². The van der Waals surface area contributed by atoms with Gasteiger partial charge in [0.25, 0.3) is 0 Å². The molecule has 0 N–H and O–H groups in total. The monoisotopic (exact) mass is 217 g/mol. The molecule has 1 fully saturated rings. The van der Waals surface area contributed by atoms with Gasteiger partial charge in [-0.15, -0.1) is 0 Å². The molecule has 1 aliphatic heterocycles. The van der Waals surface area contributed by atoms with Crippen LogP contribution >= 0.6 is 0 Å². The summed E-state index contributed by atoms with van der Waals surface area (Å²) in [6, 6.07) is 8.97. The Kier molecular flexibility index (Phi) is 2.49. The van der Waals surface area contributed by atoms with Gasteiger partial charge in [0.15, 0.2) is 0 Å². The lowest BCUT2D eigenvalue weighted by Gasteiger charge is -2.35. The van der Waals surface area contributed by atoms with E-state index in [9.17, 15) is 0 Å². The van der Waals surface area contributed by atoms with Gasteiger partial charge in [-0.1, -0.05) is 24.3 Å². The number of rotatable bonds is 1. The largest absolute Gasteiger partial charge is 0.302 e. The van der Waals surface area contributed by atoms with Crippen LogP contribution in [0.1, 0.15) is 30.4 Å². The summed E-state index contributed by atoms with van der Waals surface area (Å²) in [5.41, 5.74) is 3.53. The first kappa shape index (κ1) is 10.3. The summed E-state index contributed by atoms with van der Waals surface area (Å²) in [5.74, 6) is 0. The fourth-order valence-electron chi connectivity index (χ4n) is 3.42. The fraction of sp³-hybridized carbons (Fsp3) is 0.571. The number of hydrogen-bond acceptors (Lipinski definition) is 2. The van der Waals surface area contributed by atoms with Crippen molar-refractivity contribution in [2.45, 2.75) is 31.1 Å². The SMILES string of the molecule is CON1CCC2(CCCc3ccccc32)C1. The quantitative estimate of drug-likeness (QED) is 0.716. The molecule has 3 rings (SSSR count). The third kappa shape index (κ3) is 1.48. The molecule has 1 spiro atoms.